The van der Waals surface area contributed by atoms with Crippen LogP contribution in [0.2, 0.25) is 0 Å². The van der Waals surface area contributed by atoms with Crippen molar-refractivity contribution in [3.63, 3.8) is 0 Å². The Labute approximate surface area is 179 Å². The van der Waals surface area contributed by atoms with Gasteiger partial charge in [-0.05, 0) is 34.6 Å². The van der Waals surface area contributed by atoms with E-state index < -0.39 is 55.0 Å². The van der Waals surface area contributed by atoms with Crippen LogP contribution in [0.4, 0.5) is 0 Å². The molecule has 1 aliphatic heterocycles. The average Bonchev–Trinajstić information content (AvgIpc) is 2.95. The van der Waals surface area contributed by atoms with Crippen LogP contribution in [-0.2, 0) is 32.4 Å². The number of carbonyl (C=O) groups is 1. The lowest BCUT2D eigenvalue weighted by Crippen LogP contribution is -2.39. The van der Waals surface area contributed by atoms with Crippen molar-refractivity contribution in [2.75, 3.05) is 19.8 Å². The number of phosphoric acid groups is 1. The maximum atomic E-state index is 12.9. The molecule has 4 atom stereocenters. The number of ether oxygens (including phenoxy) is 2. The van der Waals surface area contributed by atoms with Gasteiger partial charge in [0.2, 0.25) is 0 Å². The summed E-state index contributed by atoms with van der Waals surface area (Å²) in [5.41, 5.74) is -2.26. The minimum atomic E-state index is -4.09. The predicted octanol–water partition coefficient (Wildman–Crippen LogP) is 0.950. The fourth-order valence-corrected chi connectivity index (χ4v) is 4.17. The van der Waals surface area contributed by atoms with Gasteiger partial charge in [0.1, 0.15) is 24.9 Å². The molecule has 0 saturated carbocycles. The summed E-state index contributed by atoms with van der Waals surface area (Å²) in [6.07, 6.45) is -4.15. The number of hydrogen-bond donors (Lipinski definition) is 2. The third-order valence-electron chi connectivity index (χ3n) is 4.25. The maximum absolute atomic E-state index is 12.9. The molecule has 0 aromatic carbocycles. The molecule has 176 valence electrons. The van der Waals surface area contributed by atoms with E-state index in [-0.39, 0.29) is 19.8 Å². The van der Waals surface area contributed by atoms with E-state index in [1.807, 2.05) is 0 Å². The van der Waals surface area contributed by atoms with Crippen LogP contribution in [0.15, 0.2) is 21.9 Å². The number of aliphatic hydroxyl groups excluding tert-OH is 1. The zero-order valence-electron chi connectivity index (χ0n) is 18.1. The highest BCUT2D eigenvalue weighted by molar-refractivity contribution is 7.48. The summed E-state index contributed by atoms with van der Waals surface area (Å²) >= 11 is 0. The van der Waals surface area contributed by atoms with Crippen molar-refractivity contribution in [1.29, 1.82) is 0 Å². The van der Waals surface area contributed by atoms with Crippen LogP contribution in [0.5, 0.6) is 0 Å². The predicted molar refractivity (Wildman–Crippen MR) is 107 cm³/mol. The van der Waals surface area contributed by atoms with E-state index >= 15 is 0 Å². The number of nitrogens with one attached hydrogen (secondary N) is 1. The molecule has 12 nitrogen and oxygen atoms in total. The fraction of sp³-hybridized carbons (Fsp3) is 0.722. The Kier molecular flexibility index (Phi) is 8.37. The molecule has 0 aliphatic carbocycles. The van der Waals surface area contributed by atoms with Gasteiger partial charge in [-0.15, -0.1) is 0 Å². The second-order valence-corrected chi connectivity index (χ2v) is 9.40. The Morgan fingerprint density at radius 3 is 2.39 bits per heavy atom. The van der Waals surface area contributed by atoms with E-state index in [2.05, 4.69) is 4.98 Å². The third kappa shape index (κ3) is 6.34. The summed E-state index contributed by atoms with van der Waals surface area (Å²) in [6.45, 7) is 7.81. The number of phosphoric ester groups is 1. The molecule has 2 heterocycles. The standard InChI is InChI=1S/C18H29N2O10P/c1-6-27-31(25,28-7-2)30-14-11(10-26-16(23)18(3,4)5)29-15(13(14)22)20-9-8-12(21)19-17(20)24/h8-9,11,13-15,22H,6-7,10H2,1-5H3,(H,19,21,24)/t11-,13-,14-,15-/m1/s1. The van der Waals surface area contributed by atoms with Gasteiger partial charge >= 0.3 is 19.5 Å². The molecular formula is C18H29N2O10P. The molecule has 2 rings (SSSR count). The van der Waals surface area contributed by atoms with Crippen LogP contribution >= 0.6 is 7.82 Å². The van der Waals surface area contributed by atoms with E-state index in [4.69, 9.17) is 23.0 Å². The SMILES string of the molecule is CCOP(=O)(OCC)O[C@H]1[C@@H](O)[C@H](n2ccc(=O)[nH]c2=O)O[C@@H]1COC(=O)C(C)(C)C. The van der Waals surface area contributed by atoms with Gasteiger partial charge in [-0.3, -0.25) is 32.7 Å². The highest BCUT2D eigenvalue weighted by Crippen LogP contribution is 2.53. The second-order valence-electron chi connectivity index (χ2n) is 7.77. The molecule has 1 fully saturated rings. The first kappa shape index (κ1) is 25.4. The number of H-pyrrole nitrogens is 1. The van der Waals surface area contributed by atoms with Gasteiger partial charge < -0.3 is 14.6 Å². The fourth-order valence-electron chi connectivity index (χ4n) is 2.78. The van der Waals surface area contributed by atoms with Crippen LogP contribution in [-0.4, -0.2) is 58.8 Å². The van der Waals surface area contributed by atoms with Gasteiger partial charge in [-0.2, -0.15) is 0 Å². The number of aromatic nitrogens is 2. The van der Waals surface area contributed by atoms with E-state index in [1.165, 1.54) is 0 Å². The Hall–Kier alpha value is -1.82. The number of carbonyl (C=O) groups excluding carboxylic acids is 1. The maximum Gasteiger partial charge on any atom is 0.475 e. The van der Waals surface area contributed by atoms with Gasteiger partial charge in [0.05, 0.1) is 18.6 Å². The van der Waals surface area contributed by atoms with E-state index in [1.54, 1.807) is 34.6 Å². The van der Waals surface area contributed by atoms with Crippen LogP contribution in [0.1, 0.15) is 40.8 Å². The van der Waals surface area contributed by atoms with Crippen molar-refractivity contribution in [2.45, 2.75) is 59.2 Å². The van der Waals surface area contributed by atoms with Crippen molar-refractivity contribution >= 4 is 13.8 Å². The van der Waals surface area contributed by atoms with Gasteiger partial charge in [0.15, 0.2) is 6.23 Å². The zero-order valence-corrected chi connectivity index (χ0v) is 19.0. The topological polar surface area (TPSA) is 155 Å². The summed E-state index contributed by atoms with van der Waals surface area (Å²) in [5.74, 6) is -0.535. The minimum Gasteiger partial charge on any atom is -0.462 e. The summed E-state index contributed by atoms with van der Waals surface area (Å²) in [7, 11) is -4.09. The van der Waals surface area contributed by atoms with Crippen molar-refractivity contribution in [3.8, 4) is 0 Å². The monoisotopic (exact) mass is 464 g/mol. The van der Waals surface area contributed by atoms with E-state index in [0.29, 0.717) is 0 Å². The zero-order chi connectivity index (χ0) is 23.4. The van der Waals surface area contributed by atoms with Crippen molar-refractivity contribution < 1.29 is 37.5 Å². The van der Waals surface area contributed by atoms with Crippen LogP contribution in [0.3, 0.4) is 0 Å². The lowest BCUT2D eigenvalue weighted by molar-refractivity contribution is -0.159. The average molecular weight is 464 g/mol. The number of aromatic amines is 1. The molecule has 0 unspecified atom stereocenters. The number of hydrogen-bond acceptors (Lipinski definition) is 10. The van der Waals surface area contributed by atoms with Crippen molar-refractivity contribution in [2.24, 2.45) is 5.41 Å². The molecule has 0 amide bonds. The largest absolute Gasteiger partial charge is 0.475 e. The highest BCUT2D eigenvalue weighted by Gasteiger charge is 2.50. The molecule has 2 N–H and O–H groups in total. The number of rotatable bonds is 9. The molecule has 0 spiro atoms. The van der Waals surface area contributed by atoms with Crippen molar-refractivity contribution in [3.05, 3.63) is 33.1 Å². The lowest BCUT2D eigenvalue weighted by Gasteiger charge is -2.25. The quantitative estimate of drug-likeness (QED) is 0.398. The first-order chi connectivity index (χ1) is 14.4. The summed E-state index contributed by atoms with van der Waals surface area (Å²) in [5, 5.41) is 10.8. The second kappa shape index (κ2) is 10.2. The molecule has 1 saturated heterocycles. The molecule has 1 aromatic rings. The molecule has 0 radical (unpaired) electrons. The first-order valence-electron chi connectivity index (χ1n) is 9.81. The van der Waals surface area contributed by atoms with Gasteiger partial charge in [0, 0.05) is 12.3 Å². The number of aliphatic hydroxyl groups is 1. The molecule has 31 heavy (non-hydrogen) atoms. The highest BCUT2D eigenvalue weighted by atomic mass is 31.2. The van der Waals surface area contributed by atoms with Gasteiger partial charge in [-0.25, -0.2) is 9.36 Å². The van der Waals surface area contributed by atoms with Crippen LogP contribution in [0, 0.1) is 5.41 Å². The summed E-state index contributed by atoms with van der Waals surface area (Å²) in [6, 6.07) is 1.07. The Bertz CT molecular complexity index is 911. The smallest absolute Gasteiger partial charge is 0.462 e. The van der Waals surface area contributed by atoms with E-state index in [0.717, 1.165) is 16.8 Å². The number of esters is 1. The molecule has 0 bridgehead atoms. The van der Waals surface area contributed by atoms with Crippen molar-refractivity contribution in [1.82, 2.24) is 9.55 Å². The third-order valence-corrected chi connectivity index (χ3v) is 5.90. The first-order valence-corrected chi connectivity index (χ1v) is 11.3. The molecule has 1 aromatic heterocycles. The molecular weight excluding hydrogens is 435 g/mol. The Morgan fingerprint density at radius 1 is 1.26 bits per heavy atom. The summed E-state index contributed by atoms with van der Waals surface area (Å²) < 4.78 is 40.5. The molecule has 1 aliphatic rings. The van der Waals surface area contributed by atoms with Gasteiger partial charge in [0.25, 0.3) is 5.56 Å². The van der Waals surface area contributed by atoms with Gasteiger partial charge in [-0.1, -0.05) is 0 Å². The Morgan fingerprint density at radius 2 is 1.87 bits per heavy atom. The summed E-state index contributed by atoms with van der Waals surface area (Å²) in [4.78, 5) is 37.7. The van der Waals surface area contributed by atoms with Crippen LogP contribution < -0.4 is 11.2 Å². The number of nitrogens with zero attached hydrogens (tertiary/aromatic N) is 1. The minimum absolute atomic E-state index is 0.00738. The molecule has 13 heteroatoms. The van der Waals surface area contributed by atoms with E-state index in [9.17, 15) is 24.1 Å². The Balaban J connectivity index is 2.33. The van der Waals surface area contributed by atoms with Crippen LogP contribution in [0.25, 0.3) is 0 Å². The normalized spacial score (nSPS) is 24.3. The lowest BCUT2D eigenvalue weighted by atomic mass is 9.97.